The summed E-state index contributed by atoms with van der Waals surface area (Å²) in [5.41, 5.74) is 8.73. The molecule has 1 aliphatic rings. The average Bonchev–Trinajstić information content (AvgIpc) is 2.47. The van der Waals surface area contributed by atoms with E-state index in [-0.39, 0.29) is 11.6 Å². The molecule has 112 valence electrons. The summed E-state index contributed by atoms with van der Waals surface area (Å²) in [6, 6.07) is 6.08. The Kier molecular flexibility index (Phi) is 4.68. The lowest BCUT2D eigenvalue weighted by Crippen LogP contribution is -2.55. The second-order valence-electron chi connectivity index (χ2n) is 5.98. The molecular formula is C16H26N2O2. The van der Waals surface area contributed by atoms with Crippen LogP contribution in [0.1, 0.15) is 31.0 Å². The van der Waals surface area contributed by atoms with Crippen molar-refractivity contribution < 1.29 is 9.47 Å². The summed E-state index contributed by atoms with van der Waals surface area (Å²) < 4.78 is 10.9. The fourth-order valence-corrected chi connectivity index (χ4v) is 2.81. The first-order valence-electron chi connectivity index (χ1n) is 7.19. The quantitative estimate of drug-likeness (QED) is 0.916. The van der Waals surface area contributed by atoms with E-state index in [1.165, 1.54) is 5.56 Å². The van der Waals surface area contributed by atoms with Crippen LogP contribution in [0.25, 0.3) is 0 Å². The second kappa shape index (κ2) is 6.12. The maximum atomic E-state index is 6.59. The molecule has 0 spiro atoms. The summed E-state index contributed by atoms with van der Waals surface area (Å²) in [6.45, 7) is 9.89. The SMILES string of the molecule is COc1ccc(C)cc1C(N)C(C)(C)N1CCOCC1. The van der Waals surface area contributed by atoms with Gasteiger partial charge in [0.25, 0.3) is 0 Å². The van der Waals surface area contributed by atoms with Gasteiger partial charge in [0.2, 0.25) is 0 Å². The van der Waals surface area contributed by atoms with Crippen molar-refractivity contribution in [3.05, 3.63) is 29.3 Å². The average molecular weight is 278 g/mol. The van der Waals surface area contributed by atoms with Gasteiger partial charge in [-0.05, 0) is 26.8 Å². The first kappa shape index (κ1) is 15.3. The Bertz CT molecular complexity index is 454. The van der Waals surface area contributed by atoms with Gasteiger partial charge >= 0.3 is 0 Å². The third-order valence-electron chi connectivity index (χ3n) is 4.31. The van der Waals surface area contributed by atoms with Crippen molar-refractivity contribution in [2.45, 2.75) is 32.4 Å². The molecule has 0 bridgehead atoms. The van der Waals surface area contributed by atoms with Gasteiger partial charge in [0.1, 0.15) is 5.75 Å². The number of nitrogens with two attached hydrogens (primary N) is 1. The molecule has 0 amide bonds. The monoisotopic (exact) mass is 278 g/mol. The van der Waals surface area contributed by atoms with E-state index in [2.05, 4.69) is 37.8 Å². The first-order valence-corrected chi connectivity index (χ1v) is 7.19. The van der Waals surface area contributed by atoms with Gasteiger partial charge in [-0.1, -0.05) is 17.7 Å². The van der Waals surface area contributed by atoms with E-state index in [9.17, 15) is 0 Å². The summed E-state index contributed by atoms with van der Waals surface area (Å²) in [5, 5.41) is 0. The highest BCUT2D eigenvalue weighted by molar-refractivity contribution is 5.40. The minimum absolute atomic E-state index is 0.101. The minimum atomic E-state index is -0.134. The molecule has 0 aromatic heterocycles. The zero-order valence-electron chi connectivity index (χ0n) is 13.0. The molecule has 4 nitrogen and oxygen atoms in total. The van der Waals surface area contributed by atoms with Crippen LogP contribution < -0.4 is 10.5 Å². The van der Waals surface area contributed by atoms with E-state index in [0.29, 0.717) is 0 Å². The Morgan fingerprint density at radius 3 is 2.55 bits per heavy atom. The molecule has 0 radical (unpaired) electrons. The molecule has 1 unspecified atom stereocenters. The molecule has 20 heavy (non-hydrogen) atoms. The molecule has 4 heteroatoms. The molecule has 1 saturated heterocycles. The number of hydrogen-bond acceptors (Lipinski definition) is 4. The van der Waals surface area contributed by atoms with Gasteiger partial charge in [-0.2, -0.15) is 0 Å². The number of rotatable bonds is 4. The Balaban J connectivity index is 2.28. The minimum Gasteiger partial charge on any atom is -0.496 e. The van der Waals surface area contributed by atoms with E-state index in [4.69, 9.17) is 15.2 Å². The van der Waals surface area contributed by atoms with Crippen molar-refractivity contribution in [2.24, 2.45) is 5.73 Å². The van der Waals surface area contributed by atoms with E-state index >= 15 is 0 Å². The van der Waals surface area contributed by atoms with Gasteiger partial charge in [-0.3, -0.25) is 4.90 Å². The topological polar surface area (TPSA) is 47.7 Å². The van der Waals surface area contributed by atoms with E-state index < -0.39 is 0 Å². The molecule has 2 rings (SSSR count). The van der Waals surface area contributed by atoms with Gasteiger partial charge < -0.3 is 15.2 Å². The molecule has 2 N–H and O–H groups in total. The largest absolute Gasteiger partial charge is 0.496 e. The van der Waals surface area contributed by atoms with Gasteiger partial charge in [-0.25, -0.2) is 0 Å². The summed E-state index contributed by atoms with van der Waals surface area (Å²) in [4.78, 5) is 2.41. The summed E-state index contributed by atoms with van der Waals surface area (Å²) in [7, 11) is 1.70. The highest BCUT2D eigenvalue weighted by Gasteiger charge is 2.36. The molecule has 0 saturated carbocycles. The lowest BCUT2D eigenvalue weighted by atomic mass is 9.86. The number of morpholine rings is 1. The summed E-state index contributed by atoms with van der Waals surface area (Å²) in [6.07, 6.45) is 0. The highest BCUT2D eigenvalue weighted by Crippen LogP contribution is 2.35. The summed E-state index contributed by atoms with van der Waals surface area (Å²) in [5.74, 6) is 0.865. The van der Waals surface area contributed by atoms with E-state index in [1.54, 1.807) is 7.11 Å². The lowest BCUT2D eigenvalue weighted by molar-refractivity contribution is -0.0192. The maximum absolute atomic E-state index is 6.59. The molecular weight excluding hydrogens is 252 g/mol. The molecule has 1 aliphatic heterocycles. The number of benzene rings is 1. The van der Waals surface area contributed by atoms with Crippen molar-refractivity contribution in [3.63, 3.8) is 0 Å². The van der Waals surface area contributed by atoms with Crippen LogP contribution in [-0.2, 0) is 4.74 Å². The van der Waals surface area contributed by atoms with Gasteiger partial charge in [0.05, 0.1) is 26.4 Å². The Hall–Kier alpha value is -1.10. The number of ether oxygens (including phenoxy) is 2. The van der Waals surface area contributed by atoms with Crippen molar-refractivity contribution in [1.29, 1.82) is 0 Å². The molecule has 0 aliphatic carbocycles. The maximum Gasteiger partial charge on any atom is 0.123 e. The fraction of sp³-hybridized carbons (Fsp3) is 0.625. The van der Waals surface area contributed by atoms with Crippen molar-refractivity contribution >= 4 is 0 Å². The van der Waals surface area contributed by atoms with Crippen LogP contribution in [0.2, 0.25) is 0 Å². The van der Waals surface area contributed by atoms with Gasteiger partial charge in [0, 0.05) is 24.2 Å². The number of hydrogen-bond donors (Lipinski definition) is 1. The normalized spacial score (nSPS) is 18.9. The van der Waals surface area contributed by atoms with Gasteiger partial charge in [-0.15, -0.1) is 0 Å². The Morgan fingerprint density at radius 1 is 1.30 bits per heavy atom. The van der Waals surface area contributed by atoms with Crippen LogP contribution in [-0.4, -0.2) is 43.9 Å². The van der Waals surface area contributed by atoms with Gasteiger partial charge in [0.15, 0.2) is 0 Å². The predicted octanol–water partition coefficient (Wildman–Crippen LogP) is 2.11. The summed E-state index contributed by atoms with van der Waals surface area (Å²) >= 11 is 0. The van der Waals surface area contributed by atoms with Crippen LogP contribution >= 0.6 is 0 Å². The third kappa shape index (κ3) is 2.97. The highest BCUT2D eigenvalue weighted by atomic mass is 16.5. The Morgan fingerprint density at radius 2 is 1.95 bits per heavy atom. The standard InChI is InChI=1S/C16H26N2O2/c1-12-5-6-14(19-4)13(11-12)15(17)16(2,3)18-7-9-20-10-8-18/h5-6,11,15H,7-10,17H2,1-4H3. The second-order valence-corrected chi connectivity index (χ2v) is 5.98. The van der Waals surface area contributed by atoms with E-state index in [1.807, 2.05) is 6.07 Å². The zero-order valence-corrected chi connectivity index (χ0v) is 13.0. The molecule has 1 fully saturated rings. The van der Waals surface area contributed by atoms with Crippen LogP contribution in [0.15, 0.2) is 18.2 Å². The van der Waals surface area contributed by atoms with Crippen LogP contribution in [0.5, 0.6) is 5.75 Å². The van der Waals surface area contributed by atoms with Crippen molar-refractivity contribution in [1.82, 2.24) is 4.90 Å². The molecule has 1 aromatic rings. The number of methoxy groups -OCH3 is 1. The first-order chi connectivity index (χ1) is 9.46. The van der Waals surface area contributed by atoms with Crippen molar-refractivity contribution in [2.75, 3.05) is 33.4 Å². The van der Waals surface area contributed by atoms with Crippen molar-refractivity contribution in [3.8, 4) is 5.75 Å². The lowest BCUT2D eigenvalue weighted by Gasteiger charge is -2.44. The molecule has 1 aromatic carbocycles. The van der Waals surface area contributed by atoms with E-state index in [0.717, 1.165) is 37.6 Å². The van der Waals surface area contributed by atoms with Crippen LogP contribution in [0.4, 0.5) is 0 Å². The fourth-order valence-electron chi connectivity index (χ4n) is 2.81. The predicted molar refractivity (Wildman–Crippen MR) is 81.1 cm³/mol. The molecule has 1 atom stereocenters. The van der Waals surface area contributed by atoms with Crippen LogP contribution in [0, 0.1) is 6.92 Å². The number of aryl methyl sites for hydroxylation is 1. The third-order valence-corrected chi connectivity index (χ3v) is 4.31. The zero-order chi connectivity index (χ0) is 14.8. The number of nitrogens with zero attached hydrogens (tertiary/aromatic N) is 1. The molecule has 1 heterocycles. The van der Waals surface area contributed by atoms with Crippen LogP contribution in [0.3, 0.4) is 0 Å². The smallest absolute Gasteiger partial charge is 0.123 e. The Labute approximate surface area is 121 Å².